The number of rotatable bonds is 5. The molecule has 0 saturated carbocycles. The second-order valence-electron chi connectivity index (χ2n) is 8.52. The zero-order chi connectivity index (χ0) is 19.8. The van der Waals surface area contributed by atoms with Crippen LogP contribution < -0.4 is 15.5 Å². The molecule has 2 aromatic carbocycles. The maximum absolute atomic E-state index is 12.6. The number of nitrogens with one attached hydrogen (secondary N) is 2. The topological polar surface area (TPSA) is 61.4 Å². The standard InChI is InChI=1S/C24H27N3O2.ClH/c28-23-13-19(24(29)26-10-8-16-7-9-25-14-16)15-27(23)20-5-6-22-18(12-20)11-17-3-1-2-4-21(17)22;/h1-6,12,16,19,25H,7-11,13-15H2,(H,26,29);1H. The van der Waals surface area contributed by atoms with Crippen LogP contribution in [0.15, 0.2) is 42.5 Å². The number of carbonyl (C=O) groups is 2. The largest absolute Gasteiger partial charge is 0.356 e. The van der Waals surface area contributed by atoms with E-state index >= 15 is 0 Å². The van der Waals surface area contributed by atoms with Crippen LogP contribution in [0.2, 0.25) is 0 Å². The summed E-state index contributed by atoms with van der Waals surface area (Å²) < 4.78 is 0. The number of hydrogen-bond donors (Lipinski definition) is 2. The van der Waals surface area contributed by atoms with Gasteiger partial charge in [-0.05, 0) is 72.7 Å². The normalized spacial score (nSPS) is 21.9. The van der Waals surface area contributed by atoms with E-state index in [0.29, 0.717) is 25.4 Å². The lowest BCUT2D eigenvalue weighted by molar-refractivity contribution is -0.126. The number of halogens is 1. The molecule has 2 fully saturated rings. The minimum atomic E-state index is -0.255. The third-order valence-electron chi connectivity index (χ3n) is 6.60. The van der Waals surface area contributed by atoms with Crippen LogP contribution in [0.1, 0.15) is 30.4 Å². The van der Waals surface area contributed by atoms with E-state index in [1.54, 1.807) is 4.90 Å². The van der Waals surface area contributed by atoms with E-state index in [1.165, 1.54) is 28.7 Å². The first-order valence-corrected chi connectivity index (χ1v) is 10.7. The lowest BCUT2D eigenvalue weighted by Gasteiger charge is -2.18. The second kappa shape index (κ2) is 8.78. The van der Waals surface area contributed by atoms with Gasteiger partial charge in [-0.3, -0.25) is 9.59 Å². The van der Waals surface area contributed by atoms with Gasteiger partial charge in [-0.1, -0.05) is 30.3 Å². The third kappa shape index (κ3) is 3.96. The van der Waals surface area contributed by atoms with Crippen molar-refractivity contribution in [2.45, 2.75) is 25.7 Å². The van der Waals surface area contributed by atoms with Crippen LogP contribution >= 0.6 is 12.4 Å². The van der Waals surface area contributed by atoms with Gasteiger partial charge in [0.05, 0.1) is 5.92 Å². The smallest absolute Gasteiger partial charge is 0.227 e. The molecule has 158 valence electrons. The van der Waals surface area contributed by atoms with Crippen molar-refractivity contribution < 1.29 is 9.59 Å². The molecule has 2 atom stereocenters. The van der Waals surface area contributed by atoms with Gasteiger partial charge >= 0.3 is 0 Å². The van der Waals surface area contributed by atoms with Crippen LogP contribution in [-0.2, 0) is 16.0 Å². The molecule has 3 aliphatic rings. The Morgan fingerprint density at radius 2 is 1.97 bits per heavy atom. The molecule has 1 aliphatic carbocycles. The van der Waals surface area contributed by atoms with Gasteiger partial charge in [-0.15, -0.1) is 12.4 Å². The molecular weight excluding hydrogens is 398 g/mol. The van der Waals surface area contributed by atoms with Crippen LogP contribution in [0.3, 0.4) is 0 Å². The fourth-order valence-electron chi connectivity index (χ4n) is 4.94. The number of carbonyl (C=O) groups excluding carboxylic acids is 2. The van der Waals surface area contributed by atoms with Crippen LogP contribution in [0.25, 0.3) is 11.1 Å². The molecule has 2 aromatic rings. The number of benzene rings is 2. The zero-order valence-corrected chi connectivity index (χ0v) is 17.8. The molecule has 0 radical (unpaired) electrons. The van der Waals surface area contributed by atoms with Crippen LogP contribution in [0.5, 0.6) is 0 Å². The van der Waals surface area contributed by atoms with Gasteiger partial charge in [0.25, 0.3) is 0 Å². The highest BCUT2D eigenvalue weighted by Gasteiger charge is 2.35. The van der Waals surface area contributed by atoms with Gasteiger partial charge in [0.1, 0.15) is 0 Å². The Labute approximate surface area is 183 Å². The highest BCUT2D eigenvalue weighted by atomic mass is 35.5. The molecule has 0 spiro atoms. The molecule has 5 rings (SSSR count). The number of fused-ring (bicyclic) bond motifs is 3. The van der Waals surface area contributed by atoms with Crippen molar-refractivity contribution in [2.24, 2.45) is 11.8 Å². The molecule has 2 unspecified atom stereocenters. The molecule has 2 amide bonds. The molecule has 2 saturated heterocycles. The Morgan fingerprint density at radius 1 is 1.13 bits per heavy atom. The Bertz CT molecular complexity index is 955. The van der Waals surface area contributed by atoms with E-state index in [2.05, 4.69) is 47.0 Å². The van der Waals surface area contributed by atoms with E-state index in [0.717, 1.165) is 31.6 Å². The van der Waals surface area contributed by atoms with Gasteiger partial charge in [0, 0.05) is 25.2 Å². The second-order valence-corrected chi connectivity index (χ2v) is 8.52. The summed E-state index contributed by atoms with van der Waals surface area (Å²) in [5.74, 6) is 0.461. The molecule has 2 heterocycles. The van der Waals surface area contributed by atoms with E-state index < -0.39 is 0 Å². The van der Waals surface area contributed by atoms with E-state index in [9.17, 15) is 9.59 Å². The summed E-state index contributed by atoms with van der Waals surface area (Å²) in [5, 5.41) is 6.41. The Morgan fingerprint density at radius 3 is 2.80 bits per heavy atom. The highest BCUT2D eigenvalue weighted by Crippen LogP contribution is 2.39. The van der Waals surface area contributed by atoms with Crippen molar-refractivity contribution in [3.8, 4) is 11.1 Å². The number of anilines is 1. The van der Waals surface area contributed by atoms with Gasteiger partial charge in [0.2, 0.25) is 11.8 Å². The summed E-state index contributed by atoms with van der Waals surface area (Å²) in [6.07, 6.45) is 3.40. The summed E-state index contributed by atoms with van der Waals surface area (Å²) in [6, 6.07) is 14.7. The van der Waals surface area contributed by atoms with Crippen molar-refractivity contribution in [3.63, 3.8) is 0 Å². The maximum atomic E-state index is 12.6. The summed E-state index contributed by atoms with van der Waals surface area (Å²) in [6.45, 7) is 3.30. The highest BCUT2D eigenvalue weighted by molar-refractivity contribution is 6.00. The molecule has 0 aromatic heterocycles. The number of amides is 2. The molecule has 2 aliphatic heterocycles. The van der Waals surface area contributed by atoms with Crippen molar-refractivity contribution in [1.82, 2.24) is 10.6 Å². The number of hydrogen-bond acceptors (Lipinski definition) is 3. The third-order valence-corrected chi connectivity index (χ3v) is 6.60. The average molecular weight is 426 g/mol. The molecule has 5 nitrogen and oxygen atoms in total. The SMILES string of the molecule is Cl.O=C(NCCC1CCNC1)C1CC(=O)N(c2ccc3c(c2)Cc2ccccc2-3)C1. The maximum Gasteiger partial charge on any atom is 0.227 e. The molecule has 0 bridgehead atoms. The minimum Gasteiger partial charge on any atom is -0.356 e. The van der Waals surface area contributed by atoms with Crippen molar-refractivity contribution in [2.75, 3.05) is 31.1 Å². The molecular formula is C24H28ClN3O2. The fraction of sp³-hybridized carbons (Fsp3) is 0.417. The summed E-state index contributed by atoms with van der Waals surface area (Å²) in [4.78, 5) is 27.0. The lowest BCUT2D eigenvalue weighted by Crippen LogP contribution is -2.34. The fourth-order valence-corrected chi connectivity index (χ4v) is 4.94. The first-order valence-electron chi connectivity index (χ1n) is 10.7. The Kier molecular flexibility index (Phi) is 6.11. The van der Waals surface area contributed by atoms with Crippen LogP contribution in [-0.4, -0.2) is 38.0 Å². The lowest BCUT2D eigenvalue weighted by atomic mass is 10.0. The average Bonchev–Trinajstić information content (AvgIpc) is 3.45. The van der Waals surface area contributed by atoms with Crippen molar-refractivity contribution >= 4 is 29.9 Å². The van der Waals surface area contributed by atoms with E-state index in [-0.39, 0.29) is 30.1 Å². The van der Waals surface area contributed by atoms with E-state index in [1.807, 2.05) is 6.07 Å². The quantitative estimate of drug-likeness (QED) is 0.660. The monoisotopic (exact) mass is 425 g/mol. The summed E-state index contributed by atoms with van der Waals surface area (Å²) >= 11 is 0. The van der Waals surface area contributed by atoms with Gasteiger partial charge in [-0.25, -0.2) is 0 Å². The first-order chi connectivity index (χ1) is 14.2. The first kappa shape index (κ1) is 20.9. The zero-order valence-electron chi connectivity index (χ0n) is 17.0. The van der Waals surface area contributed by atoms with Gasteiger partial charge in [-0.2, -0.15) is 0 Å². The molecule has 2 N–H and O–H groups in total. The number of nitrogens with zero attached hydrogens (tertiary/aromatic N) is 1. The Hall–Kier alpha value is -2.37. The minimum absolute atomic E-state index is 0. The Balaban J connectivity index is 0.00000218. The van der Waals surface area contributed by atoms with E-state index in [4.69, 9.17) is 0 Å². The predicted octanol–water partition coefficient (Wildman–Crippen LogP) is 3.15. The van der Waals surface area contributed by atoms with Gasteiger partial charge in [0.15, 0.2) is 0 Å². The van der Waals surface area contributed by atoms with Crippen LogP contribution in [0, 0.1) is 11.8 Å². The summed E-state index contributed by atoms with van der Waals surface area (Å²) in [7, 11) is 0. The van der Waals surface area contributed by atoms with Crippen molar-refractivity contribution in [3.05, 3.63) is 53.6 Å². The summed E-state index contributed by atoms with van der Waals surface area (Å²) in [5.41, 5.74) is 6.05. The molecule has 30 heavy (non-hydrogen) atoms. The molecule has 6 heteroatoms. The van der Waals surface area contributed by atoms with Crippen molar-refractivity contribution in [1.29, 1.82) is 0 Å². The van der Waals surface area contributed by atoms with Gasteiger partial charge < -0.3 is 15.5 Å². The predicted molar refractivity (Wildman–Crippen MR) is 121 cm³/mol. The van der Waals surface area contributed by atoms with Crippen LogP contribution in [0.4, 0.5) is 5.69 Å².